The van der Waals surface area contributed by atoms with Gasteiger partial charge in [0, 0.05) is 19.2 Å². The molecule has 1 aromatic carbocycles. The molecule has 0 saturated carbocycles. The highest BCUT2D eigenvalue weighted by Gasteiger charge is 2.21. The molecule has 21 heavy (non-hydrogen) atoms. The van der Waals surface area contributed by atoms with Crippen molar-refractivity contribution in [3.05, 3.63) is 58.9 Å². The minimum absolute atomic E-state index is 0.364. The molecule has 0 spiro atoms. The van der Waals surface area contributed by atoms with Crippen molar-refractivity contribution in [2.75, 3.05) is 14.2 Å². The first-order valence-electron chi connectivity index (χ1n) is 6.39. The average molecular weight is 284 g/mol. The normalized spacial score (nSPS) is 14.2. The van der Waals surface area contributed by atoms with Crippen LogP contribution in [0, 0.1) is 0 Å². The minimum atomic E-state index is -0.522. The number of likely N-dealkylation sites (N-methyl/N-ethyl adjacent to an activating group) is 1. The quantitative estimate of drug-likeness (QED) is 0.843. The van der Waals surface area contributed by atoms with Crippen LogP contribution in [0.5, 0.6) is 5.75 Å². The van der Waals surface area contributed by atoms with Gasteiger partial charge in [0.2, 0.25) is 5.91 Å². The number of hydrogen-bond acceptors (Lipinski definition) is 4. The van der Waals surface area contributed by atoms with Crippen molar-refractivity contribution in [1.29, 1.82) is 0 Å². The van der Waals surface area contributed by atoms with Crippen molar-refractivity contribution in [2.24, 2.45) is 5.73 Å². The van der Waals surface area contributed by atoms with Crippen LogP contribution >= 0.6 is 0 Å². The number of carbonyl (C=O) groups excluding carboxylic acids is 2. The fourth-order valence-electron chi connectivity index (χ4n) is 2.17. The van der Waals surface area contributed by atoms with Gasteiger partial charge in [0.05, 0.1) is 12.7 Å². The SMILES string of the molecule is COc1ccc(CC2=C(C(N)=O)C=CC(=C=O)N2C)cc1. The van der Waals surface area contributed by atoms with E-state index in [4.69, 9.17) is 10.5 Å². The molecular weight excluding hydrogens is 268 g/mol. The van der Waals surface area contributed by atoms with Gasteiger partial charge in [-0.25, -0.2) is 4.79 Å². The summed E-state index contributed by atoms with van der Waals surface area (Å²) in [5.41, 5.74) is 7.82. The van der Waals surface area contributed by atoms with Gasteiger partial charge < -0.3 is 15.4 Å². The fourth-order valence-corrected chi connectivity index (χ4v) is 2.17. The molecule has 1 aromatic rings. The van der Waals surface area contributed by atoms with Crippen LogP contribution in [0.2, 0.25) is 0 Å². The molecule has 0 radical (unpaired) electrons. The molecule has 108 valence electrons. The van der Waals surface area contributed by atoms with Gasteiger partial charge in [0.25, 0.3) is 0 Å². The third-order valence-corrected chi connectivity index (χ3v) is 3.39. The van der Waals surface area contributed by atoms with E-state index in [1.807, 2.05) is 30.2 Å². The van der Waals surface area contributed by atoms with E-state index >= 15 is 0 Å². The smallest absolute Gasteiger partial charge is 0.250 e. The van der Waals surface area contributed by atoms with Crippen LogP contribution in [0.15, 0.2) is 53.4 Å². The maximum absolute atomic E-state index is 11.6. The molecule has 0 atom stereocenters. The Morgan fingerprint density at radius 1 is 1.29 bits per heavy atom. The summed E-state index contributed by atoms with van der Waals surface area (Å²) in [5.74, 6) is 2.08. The van der Waals surface area contributed by atoms with E-state index in [2.05, 4.69) is 0 Å². The largest absolute Gasteiger partial charge is 0.497 e. The first kappa shape index (κ1) is 14.6. The van der Waals surface area contributed by atoms with Gasteiger partial charge in [-0.1, -0.05) is 12.1 Å². The number of hydrogen-bond donors (Lipinski definition) is 1. The summed E-state index contributed by atoms with van der Waals surface area (Å²) < 4.78 is 5.11. The van der Waals surface area contributed by atoms with Gasteiger partial charge >= 0.3 is 0 Å². The lowest BCUT2D eigenvalue weighted by Gasteiger charge is -2.26. The summed E-state index contributed by atoms with van der Waals surface area (Å²) in [6.07, 6.45) is 3.57. The molecule has 1 heterocycles. The number of primary amides is 1. The highest BCUT2D eigenvalue weighted by Crippen LogP contribution is 2.25. The topological polar surface area (TPSA) is 72.6 Å². The van der Waals surface area contributed by atoms with Crippen LogP contribution in [-0.4, -0.2) is 30.9 Å². The molecule has 1 aliphatic heterocycles. The van der Waals surface area contributed by atoms with Gasteiger partial charge in [-0.15, -0.1) is 0 Å². The Labute approximate surface area is 123 Å². The van der Waals surface area contributed by atoms with Crippen LogP contribution < -0.4 is 10.5 Å². The van der Waals surface area contributed by atoms with Crippen molar-refractivity contribution in [3.63, 3.8) is 0 Å². The zero-order valence-electron chi connectivity index (χ0n) is 11.9. The van der Waals surface area contributed by atoms with Crippen molar-refractivity contribution in [1.82, 2.24) is 4.90 Å². The van der Waals surface area contributed by atoms with Crippen molar-refractivity contribution in [3.8, 4) is 5.75 Å². The zero-order valence-corrected chi connectivity index (χ0v) is 11.9. The molecule has 2 N–H and O–H groups in total. The maximum atomic E-state index is 11.6. The second kappa shape index (κ2) is 6.11. The fraction of sp³-hybridized carbons (Fsp3) is 0.188. The Balaban J connectivity index is 2.38. The summed E-state index contributed by atoms with van der Waals surface area (Å²) in [5, 5.41) is 0. The van der Waals surface area contributed by atoms with Gasteiger partial charge in [0.1, 0.15) is 11.4 Å². The summed E-state index contributed by atoms with van der Waals surface area (Å²) in [7, 11) is 3.31. The summed E-state index contributed by atoms with van der Waals surface area (Å²) in [4.78, 5) is 24.1. The number of nitrogens with two attached hydrogens (primary N) is 1. The molecule has 0 aromatic heterocycles. The van der Waals surface area contributed by atoms with Crippen LogP contribution in [0.3, 0.4) is 0 Å². The minimum Gasteiger partial charge on any atom is -0.497 e. The van der Waals surface area contributed by atoms with Crippen LogP contribution in [0.4, 0.5) is 0 Å². The third kappa shape index (κ3) is 3.04. The number of rotatable bonds is 4. The monoisotopic (exact) mass is 284 g/mol. The van der Waals surface area contributed by atoms with Crippen LogP contribution in [-0.2, 0) is 16.0 Å². The summed E-state index contributed by atoms with van der Waals surface area (Å²) in [6.45, 7) is 0. The van der Waals surface area contributed by atoms with E-state index in [0.29, 0.717) is 23.4 Å². The van der Waals surface area contributed by atoms with E-state index in [1.165, 1.54) is 6.08 Å². The molecule has 1 amide bonds. The number of amides is 1. The lowest BCUT2D eigenvalue weighted by molar-refractivity contribution is -0.114. The molecule has 0 fully saturated rings. The van der Waals surface area contributed by atoms with Crippen molar-refractivity contribution in [2.45, 2.75) is 6.42 Å². The maximum Gasteiger partial charge on any atom is 0.250 e. The molecule has 0 bridgehead atoms. The van der Waals surface area contributed by atoms with E-state index < -0.39 is 5.91 Å². The number of allylic oxidation sites excluding steroid dienone is 2. The van der Waals surface area contributed by atoms with Crippen LogP contribution in [0.1, 0.15) is 5.56 Å². The standard InChI is InChI=1S/C16H16N2O3/c1-18-12(10-19)5-8-14(16(17)20)15(18)9-11-3-6-13(21-2)7-4-11/h3-8H,9H2,1-2H3,(H2,17,20). The lowest BCUT2D eigenvalue weighted by atomic mass is 10.0. The summed E-state index contributed by atoms with van der Waals surface area (Å²) in [6, 6.07) is 7.49. The van der Waals surface area contributed by atoms with Gasteiger partial charge in [-0.05, 0) is 29.8 Å². The second-order valence-corrected chi connectivity index (χ2v) is 4.63. The molecule has 2 rings (SSSR count). The molecule has 0 saturated heterocycles. The Morgan fingerprint density at radius 2 is 1.95 bits per heavy atom. The number of nitrogens with zero attached hydrogens (tertiary/aromatic N) is 1. The van der Waals surface area contributed by atoms with Crippen molar-refractivity contribution < 1.29 is 14.3 Å². The second-order valence-electron chi connectivity index (χ2n) is 4.63. The van der Waals surface area contributed by atoms with Crippen molar-refractivity contribution >= 4 is 11.8 Å². The lowest BCUT2D eigenvalue weighted by Crippen LogP contribution is -2.27. The molecule has 0 aliphatic carbocycles. The molecular formula is C16H16N2O3. The number of ether oxygens (including phenoxy) is 1. The average Bonchev–Trinajstić information content (AvgIpc) is 2.49. The zero-order chi connectivity index (χ0) is 15.4. The Morgan fingerprint density at radius 3 is 2.48 bits per heavy atom. The molecule has 5 nitrogen and oxygen atoms in total. The third-order valence-electron chi connectivity index (χ3n) is 3.39. The molecule has 5 heteroatoms. The predicted octanol–water partition coefficient (Wildman–Crippen LogP) is 1.19. The molecule has 0 unspecified atom stereocenters. The summed E-state index contributed by atoms with van der Waals surface area (Å²) >= 11 is 0. The number of benzene rings is 1. The highest BCUT2D eigenvalue weighted by molar-refractivity contribution is 5.96. The Bertz CT molecular complexity index is 665. The number of carbonyl (C=O) groups is 1. The van der Waals surface area contributed by atoms with E-state index in [-0.39, 0.29) is 0 Å². The van der Waals surface area contributed by atoms with E-state index in [1.54, 1.807) is 25.1 Å². The van der Waals surface area contributed by atoms with E-state index in [9.17, 15) is 9.59 Å². The first-order valence-corrected chi connectivity index (χ1v) is 6.39. The Kier molecular flexibility index (Phi) is 4.26. The number of methoxy groups -OCH3 is 1. The highest BCUT2D eigenvalue weighted by atomic mass is 16.5. The van der Waals surface area contributed by atoms with Gasteiger partial charge in [-0.3, -0.25) is 4.79 Å². The van der Waals surface area contributed by atoms with Gasteiger partial charge in [0.15, 0.2) is 5.94 Å². The van der Waals surface area contributed by atoms with Gasteiger partial charge in [-0.2, -0.15) is 0 Å². The van der Waals surface area contributed by atoms with E-state index in [0.717, 1.165) is 11.3 Å². The Hall–Kier alpha value is -2.78. The molecule has 1 aliphatic rings. The van der Waals surface area contributed by atoms with Crippen LogP contribution in [0.25, 0.3) is 0 Å². The first-order chi connectivity index (χ1) is 10.1. The predicted molar refractivity (Wildman–Crippen MR) is 79.0 cm³/mol.